The van der Waals surface area contributed by atoms with E-state index in [1.807, 2.05) is 6.92 Å². The lowest BCUT2D eigenvalue weighted by Gasteiger charge is -2.17. The van der Waals surface area contributed by atoms with E-state index in [4.69, 9.17) is 10.5 Å². The van der Waals surface area contributed by atoms with Crippen LogP contribution in [0.4, 0.5) is 0 Å². The van der Waals surface area contributed by atoms with Crippen LogP contribution in [0.5, 0.6) is 0 Å². The van der Waals surface area contributed by atoms with Crippen molar-refractivity contribution >= 4 is 16.0 Å². The Kier molecular flexibility index (Phi) is 7.18. The van der Waals surface area contributed by atoms with Crippen LogP contribution in [0.2, 0.25) is 0 Å². The first-order chi connectivity index (χ1) is 12.8. The van der Waals surface area contributed by atoms with Gasteiger partial charge in [0.25, 0.3) is 10.0 Å². The molecule has 1 aromatic carbocycles. The van der Waals surface area contributed by atoms with Gasteiger partial charge in [-0.2, -0.15) is 0 Å². The molecule has 2 aromatic rings. The third-order valence-electron chi connectivity index (χ3n) is 4.26. The maximum Gasteiger partial charge on any atom is 0.337 e. The summed E-state index contributed by atoms with van der Waals surface area (Å²) in [6.07, 6.45) is 3.49. The van der Waals surface area contributed by atoms with Crippen molar-refractivity contribution in [2.45, 2.75) is 44.0 Å². The summed E-state index contributed by atoms with van der Waals surface area (Å²) in [6, 6.07) is 6.85. The van der Waals surface area contributed by atoms with E-state index in [9.17, 15) is 18.3 Å². The van der Waals surface area contributed by atoms with E-state index in [1.165, 1.54) is 24.4 Å². The summed E-state index contributed by atoms with van der Waals surface area (Å²) < 4.78 is 32.5. The molecule has 0 fully saturated rings. The summed E-state index contributed by atoms with van der Waals surface area (Å²) in [5.41, 5.74) is 7.03. The van der Waals surface area contributed by atoms with Gasteiger partial charge in [-0.3, -0.25) is 0 Å². The first kappa shape index (κ1) is 21.1. The summed E-state index contributed by atoms with van der Waals surface area (Å²) in [4.78, 5) is 11.6. The zero-order valence-corrected chi connectivity index (χ0v) is 16.4. The Bertz CT molecular complexity index is 872. The molecule has 1 aromatic heterocycles. The van der Waals surface area contributed by atoms with Gasteiger partial charge < -0.3 is 15.6 Å². The monoisotopic (exact) mass is 394 g/mol. The highest BCUT2D eigenvalue weighted by atomic mass is 32.2. The minimum Gasteiger partial charge on any atom is -0.478 e. The lowest BCUT2D eigenvalue weighted by molar-refractivity contribution is 0.0694. The molecule has 3 N–H and O–H groups in total. The van der Waals surface area contributed by atoms with Gasteiger partial charge in [0.05, 0.1) is 16.2 Å². The predicted molar refractivity (Wildman–Crippen MR) is 102 cm³/mol. The van der Waals surface area contributed by atoms with Crippen LogP contribution in [0.1, 0.15) is 53.8 Å². The third-order valence-corrected chi connectivity index (χ3v) is 5.97. The van der Waals surface area contributed by atoms with E-state index in [2.05, 4.69) is 6.92 Å². The molecule has 0 saturated heterocycles. The second kappa shape index (κ2) is 9.16. The molecule has 0 saturated carbocycles. The van der Waals surface area contributed by atoms with Crippen molar-refractivity contribution in [3.63, 3.8) is 0 Å². The van der Waals surface area contributed by atoms with Gasteiger partial charge >= 0.3 is 5.97 Å². The van der Waals surface area contributed by atoms with Gasteiger partial charge in [-0.05, 0) is 38.0 Å². The number of nitrogens with two attached hydrogens (primary N) is 1. The summed E-state index contributed by atoms with van der Waals surface area (Å²) in [6.45, 7) is 4.83. The van der Waals surface area contributed by atoms with Crippen molar-refractivity contribution in [1.82, 2.24) is 3.97 Å². The number of carboxylic acid groups (broad SMARTS) is 1. The Hall–Kier alpha value is -2.16. The molecule has 0 aliphatic carbocycles. The van der Waals surface area contributed by atoms with Gasteiger partial charge in [0, 0.05) is 25.5 Å². The maximum atomic E-state index is 13.0. The topological polar surface area (TPSA) is 112 Å². The average Bonchev–Trinajstić information content (AvgIpc) is 3.08. The molecule has 148 valence electrons. The molecule has 0 radical (unpaired) electrons. The molecule has 27 heavy (non-hydrogen) atoms. The largest absolute Gasteiger partial charge is 0.478 e. The highest BCUT2D eigenvalue weighted by molar-refractivity contribution is 7.90. The molecular weight excluding hydrogens is 368 g/mol. The molecule has 0 aliphatic heterocycles. The van der Waals surface area contributed by atoms with Crippen molar-refractivity contribution in [2.24, 2.45) is 5.73 Å². The van der Waals surface area contributed by atoms with Gasteiger partial charge in [0.2, 0.25) is 0 Å². The standard InChI is InChI=1S/C19H26N2O5S/c1-3-4-12-26-13-10-17(20)18-16(19(22)23)9-11-21(18)27(24,25)15-7-5-14(2)6-8-15/h5-9,11,17H,3-4,10,12-13,20H2,1-2H3,(H,22,23)/t17-/m1/s1. The van der Waals surface area contributed by atoms with Crippen molar-refractivity contribution in [2.75, 3.05) is 13.2 Å². The number of hydrogen-bond acceptors (Lipinski definition) is 5. The fourth-order valence-corrected chi connectivity index (χ4v) is 4.12. The number of aromatic nitrogens is 1. The number of carboxylic acids is 1. The predicted octanol–water partition coefficient (Wildman–Crippen LogP) is 2.94. The Morgan fingerprint density at radius 1 is 1.22 bits per heavy atom. The molecule has 0 spiro atoms. The number of carbonyl (C=O) groups is 1. The SMILES string of the molecule is CCCCOCC[C@@H](N)c1c(C(=O)O)ccn1S(=O)(=O)c1ccc(C)cc1. The van der Waals surface area contributed by atoms with Crippen molar-refractivity contribution < 1.29 is 23.1 Å². The van der Waals surface area contributed by atoms with Crippen molar-refractivity contribution in [3.05, 3.63) is 53.3 Å². The first-order valence-electron chi connectivity index (χ1n) is 8.89. The van der Waals surface area contributed by atoms with E-state index in [1.54, 1.807) is 12.1 Å². The van der Waals surface area contributed by atoms with Crippen LogP contribution in [0.3, 0.4) is 0 Å². The molecule has 1 heterocycles. The Morgan fingerprint density at radius 2 is 1.89 bits per heavy atom. The Morgan fingerprint density at radius 3 is 2.48 bits per heavy atom. The number of aryl methyl sites for hydroxylation is 1. The average molecular weight is 394 g/mol. The molecule has 1 atom stereocenters. The van der Waals surface area contributed by atoms with Crippen LogP contribution in [-0.4, -0.2) is 36.7 Å². The third kappa shape index (κ3) is 4.97. The van der Waals surface area contributed by atoms with E-state index >= 15 is 0 Å². The zero-order chi connectivity index (χ0) is 20.0. The van der Waals surface area contributed by atoms with Crippen LogP contribution in [0.15, 0.2) is 41.4 Å². The Balaban J connectivity index is 2.34. The highest BCUT2D eigenvalue weighted by Crippen LogP contribution is 2.26. The minimum absolute atomic E-state index is 0.0576. The fourth-order valence-electron chi connectivity index (χ4n) is 2.70. The summed E-state index contributed by atoms with van der Waals surface area (Å²) >= 11 is 0. The first-order valence-corrected chi connectivity index (χ1v) is 10.3. The van der Waals surface area contributed by atoms with Crippen LogP contribution in [0, 0.1) is 6.92 Å². The number of benzene rings is 1. The number of rotatable bonds is 10. The van der Waals surface area contributed by atoms with Gasteiger partial charge in [-0.15, -0.1) is 0 Å². The van der Waals surface area contributed by atoms with Crippen LogP contribution >= 0.6 is 0 Å². The lowest BCUT2D eigenvalue weighted by Crippen LogP contribution is -2.24. The second-order valence-electron chi connectivity index (χ2n) is 6.39. The summed E-state index contributed by atoms with van der Waals surface area (Å²) in [7, 11) is -3.95. The number of unbranched alkanes of at least 4 members (excludes halogenated alkanes) is 1. The van der Waals surface area contributed by atoms with Gasteiger partial charge in [0.1, 0.15) is 0 Å². The number of nitrogens with zero attached hydrogens (tertiary/aromatic N) is 1. The fraction of sp³-hybridized carbons (Fsp3) is 0.421. The molecule has 7 nitrogen and oxygen atoms in total. The van der Waals surface area contributed by atoms with Gasteiger partial charge in [0.15, 0.2) is 0 Å². The zero-order valence-electron chi connectivity index (χ0n) is 15.6. The van der Waals surface area contributed by atoms with Crippen molar-refractivity contribution in [1.29, 1.82) is 0 Å². The molecule has 0 unspecified atom stereocenters. The number of ether oxygens (including phenoxy) is 1. The van der Waals surface area contributed by atoms with E-state index in [0.717, 1.165) is 22.4 Å². The molecule has 0 amide bonds. The molecule has 2 rings (SSSR count). The van der Waals surface area contributed by atoms with E-state index < -0.39 is 22.0 Å². The second-order valence-corrected chi connectivity index (χ2v) is 8.21. The molecule has 8 heteroatoms. The van der Waals surface area contributed by atoms with Crippen LogP contribution in [-0.2, 0) is 14.8 Å². The molecule has 0 bridgehead atoms. The van der Waals surface area contributed by atoms with Crippen LogP contribution in [0.25, 0.3) is 0 Å². The quantitative estimate of drug-likeness (QED) is 0.599. The van der Waals surface area contributed by atoms with Gasteiger partial charge in [-0.25, -0.2) is 17.2 Å². The summed E-state index contributed by atoms with van der Waals surface area (Å²) in [5.74, 6) is -1.22. The number of aromatic carboxylic acids is 1. The van der Waals surface area contributed by atoms with Crippen molar-refractivity contribution in [3.8, 4) is 0 Å². The maximum absolute atomic E-state index is 13.0. The van der Waals surface area contributed by atoms with E-state index in [0.29, 0.717) is 19.6 Å². The van der Waals surface area contributed by atoms with E-state index in [-0.39, 0.29) is 16.2 Å². The van der Waals surface area contributed by atoms with Crippen LogP contribution < -0.4 is 5.73 Å². The Labute approximate surface area is 159 Å². The minimum atomic E-state index is -3.95. The molecule has 0 aliphatic rings. The van der Waals surface area contributed by atoms with Gasteiger partial charge in [-0.1, -0.05) is 31.0 Å². The molecular formula is C19H26N2O5S. The smallest absolute Gasteiger partial charge is 0.337 e. The number of hydrogen-bond donors (Lipinski definition) is 2. The normalized spacial score (nSPS) is 12.9. The summed E-state index contributed by atoms with van der Waals surface area (Å²) in [5, 5.41) is 9.45. The highest BCUT2D eigenvalue weighted by Gasteiger charge is 2.27. The lowest BCUT2D eigenvalue weighted by atomic mass is 10.1.